The number of para-hydroxylation sites is 1. The summed E-state index contributed by atoms with van der Waals surface area (Å²) in [4.78, 5) is 14.5. The quantitative estimate of drug-likeness (QED) is 0.754. The third-order valence-corrected chi connectivity index (χ3v) is 4.76. The summed E-state index contributed by atoms with van der Waals surface area (Å²) in [5, 5.41) is 0. The Balaban J connectivity index is 1.79. The summed E-state index contributed by atoms with van der Waals surface area (Å²) in [7, 11) is -3.57. The first-order valence-corrected chi connectivity index (χ1v) is 9.53. The minimum atomic E-state index is -3.57. The predicted molar refractivity (Wildman–Crippen MR) is 82.8 cm³/mol. The Bertz CT molecular complexity index is 662. The van der Waals surface area contributed by atoms with Crippen LogP contribution in [0.2, 0.25) is 0 Å². The lowest BCUT2D eigenvalue weighted by Gasteiger charge is -2.32. The Morgan fingerprint density at radius 1 is 1.23 bits per heavy atom. The maximum Gasteiger partial charge on any atom is 0.306 e. The molecule has 3 rings (SSSR count). The molecule has 0 spiro atoms. The van der Waals surface area contributed by atoms with Gasteiger partial charge in [-0.2, -0.15) is 8.42 Å². The molecule has 0 radical (unpaired) electrons. The highest BCUT2D eigenvalue weighted by Gasteiger charge is 2.38. The minimum absolute atomic E-state index is 0.156. The van der Waals surface area contributed by atoms with Gasteiger partial charge in [0.2, 0.25) is 5.91 Å². The fraction of sp³-hybridized carbons (Fsp3) is 0.562. The molecule has 0 aliphatic heterocycles. The van der Waals surface area contributed by atoms with E-state index in [4.69, 9.17) is 4.18 Å². The summed E-state index contributed by atoms with van der Waals surface area (Å²) < 4.78 is 27.8. The Morgan fingerprint density at radius 3 is 2.45 bits per heavy atom. The molecule has 1 aromatic rings. The molecule has 0 unspecified atom stereocenters. The highest BCUT2D eigenvalue weighted by Crippen LogP contribution is 2.36. The van der Waals surface area contributed by atoms with Crippen LogP contribution in [0.25, 0.3) is 0 Å². The molecule has 1 aromatic carbocycles. The third-order valence-electron chi connectivity index (χ3n) is 4.28. The monoisotopic (exact) mass is 323 g/mol. The second kappa shape index (κ2) is 5.91. The second-order valence-corrected chi connectivity index (χ2v) is 7.80. The van der Waals surface area contributed by atoms with Gasteiger partial charge in [0.15, 0.2) is 0 Å². The molecule has 2 aliphatic rings. The number of benzene rings is 1. The van der Waals surface area contributed by atoms with Crippen LogP contribution in [0.1, 0.15) is 37.7 Å². The van der Waals surface area contributed by atoms with Gasteiger partial charge in [-0.1, -0.05) is 24.6 Å². The number of carbonyl (C=O) groups is 1. The number of hydrogen-bond donors (Lipinski definition) is 0. The summed E-state index contributed by atoms with van der Waals surface area (Å²) in [5.74, 6) is 0.684. The maximum absolute atomic E-state index is 12.6. The summed E-state index contributed by atoms with van der Waals surface area (Å²) in [5.41, 5.74) is 0.743. The van der Waals surface area contributed by atoms with Crippen LogP contribution in [-0.4, -0.2) is 31.5 Å². The summed E-state index contributed by atoms with van der Waals surface area (Å²) >= 11 is 0. The molecule has 0 aromatic heterocycles. The third kappa shape index (κ3) is 3.61. The van der Waals surface area contributed by atoms with Crippen molar-refractivity contribution in [3.8, 4) is 5.75 Å². The van der Waals surface area contributed by atoms with Gasteiger partial charge < -0.3 is 9.08 Å². The van der Waals surface area contributed by atoms with E-state index in [9.17, 15) is 13.2 Å². The Kier molecular flexibility index (Phi) is 4.12. The van der Waals surface area contributed by atoms with Gasteiger partial charge >= 0.3 is 10.1 Å². The van der Waals surface area contributed by atoms with Crippen molar-refractivity contribution in [2.75, 3.05) is 6.26 Å². The summed E-state index contributed by atoms with van der Waals surface area (Å²) in [6.07, 6.45) is 6.18. The van der Waals surface area contributed by atoms with Crippen LogP contribution >= 0.6 is 0 Å². The van der Waals surface area contributed by atoms with Crippen molar-refractivity contribution in [1.82, 2.24) is 4.90 Å². The SMILES string of the molecule is CS(=O)(=O)Oc1ccccc1CN(C(=O)C1CCC1)C1CC1. The highest BCUT2D eigenvalue weighted by atomic mass is 32.2. The number of nitrogens with zero attached hydrogens (tertiary/aromatic N) is 1. The van der Waals surface area contributed by atoms with Crippen molar-refractivity contribution in [2.45, 2.75) is 44.7 Å². The molecule has 0 atom stereocenters. The van der Waals surface area contributed by atoms with Crippen LogP contribution in [0.3, 0.4) is 0 Å². The van der Waals surface area contributed by atoms with E-state index in [0.717, 1.165) is 43.9 Å². The first-order chi connectivity index (χ1) is 10.4. The number of carbonyl (C=O) groups excluding carboxylic acids is 1. The topological polar surface area (TPSA) is 63.7 Å². The first-order valence-electron chi connectivity index (χ1n) is 7.72. The molecular weight excluding hydrogens is 302 g/mol. The fourth-order valence-electron chi connectivity index (χ4n) is 2.73. The van der Waals surface area contributed by atoms with Gasteiger partial charge in [-0.15, -0.1) is 0 Å². The van der Waals surface area contributed by atoms with Crippen molar-refractivity contribution < 1.29 is 17.4 Å². The number of rotatable bonds is 6. The lowest BCUT2D eigenvalue weighted by Crippen LogP contribution is -2.40. The van der Waals surface area contributed by atoms with Crippen molar-refractivity contribution in [3.63, 3.8) is 0 Å². The molecule has 2 fully saturated rings. The molecule has 0 N–H and O–H groups in total. The normalized spacial score (nSPS) is 18.6. The van der Waals surface area contributed by atoms with E-state index in [1.54, 1.807) is 12.1 Å². The van der Waals surface area contributed by atoms with Crippen LogP contribution in [-0.2, 0) is 21.5 Å². The van der Waals surface area contributed by atoms with Gasteiger partial charge in [-0.05, 0) is 31.7 Å². The number of hydrogen-bond acceptors (Lipinski definition) is 4. The maximum atomic E-state index is 12.6. The van der Waals surface area contributed by atoms with Gasteiger partial charge in [0, 0.05) is 24.1 Å². The van der Waals surface area contributed by atoms with Gasteiger partial charge in [-0.3, -0.25) is 4.79 Å². The Hall–Kier alpha value is -1.56. The standard InChI is InChI=1S/C16H21NO4S/c1-22(19,20)21-15-8-3-2-5-13(15)11-17(14-9-10-14)16(18)12-6-4-7-12/h2-3,5,8,12,14H,4,6-7,9-11H2,1H3. The van der Waals surface area contributed by atoms with Gasteiger partial charge in [0.25, 0.3) is 0 Å². The van der Waals surface area contributed by atoms with E-state index >= 15 is 0 Å². The highest BCUT2D eigenvalue weighted by molar-refractivity contribution is 7.86. The van der Waals surface area contributed by atoms with E-state index in [0.29, 0.717) is 18.3 Å². The minimum Gasteiger partial charge on any atom is -0.382 e. The molecule has 22 heavy (non-hydrogen) atoms. The smallest absolute Gasteiger partial charge is 0.306 e. The Morgan fingerprint density at radius 2 is 1.91 bits per heavy atom. The molecule has 1 amide bonds. The zero-order chi connectivity index (χ0) is 15.7. The lowest BCUT2D eigenvalue weighted by molar-refractivity contribution is -0.139. The molecule has 0 saturated heterocycles. The molecule has 0 bridgehead atoms. The van der Waals surface area contributed by atoms with Crippen molar-refractivity contribution in [3.05, 3.63) is 29.8 Å². The molecular formula is C16H21NO4S. The zero-order valence-electron chi connectivity index (χ0n) is 12.7. The van der Waals surface area contributed by atoms with Crippen LogP contribution in [0.4, 0.5) is 0 Å². The first kappa shape index (κ1) is 15.3. The summed E-state index contributed by atoms with van der Waals surface area (Å²) in [6.45, 7) is 0.422. The van der Waals surface area contributed by atoms with Crippen LogP contribution < -0.4 is 4.18 Å². The van der Waals surface area contributed by atoms with Crippen LogP contribution in [0, 0.1) is 5.92 Å². The zero-order valence-corrected chi connectivity index (χ0v) is 13.5. The predicted octanol–water partition coefficient (Wildman–Crippen LogP) is 2.32. The average Bonchev–Trinajstić information content (AvgIpc) is 3.17. The molecule has 2 aliphatic carbocycles. The number of amides is 1. The van der Waals surface area contributed by atoms with E-state index in [2.05, 4.69) is 0 Å². The Labute approximate surface area is 131 Å². The molecule has 120 valence electrons. The van der Waals surface area contributed by atoms with Crippen LogP contribution in [0.15, 0.2) is 24.3 Å². The molecule has 5 nitrogen and oxygen atoms in total. The van der Waals surface area contributed by atoms with Crippen LogP contribution in [0.5, 0.6) is 5.75 Å². The van der Waals surface area contributed by atoms with Gasteiger partial charge in [-0.25, -0.2) is 0 Å². The van der Waals surface area contributed by atoms with Crippen molar-refractivity contribution in [2.24, 2.45) is 5.92 Å². The van der Waals surface area contributed by atoms with E-state index in [1.165, 1.54) is 0 Å². The van der Waals surface area contributed by atoms with Crippen molar-refractivity contribution in [1.29, 1.82) is 0 Å². The van der Waals surface area contributed by atoms with E-state index in [1.807, 2.05) is 17.0 Å². The summed E-state index contributed by atoms with van der Waals surface area (Å²) in [6, 6.07) is 7.33. The van der Waals surface area contributed by atoms with Crippen molar-refractivity contribution >= 4 is 16.0 Å². The molecule has 2 saturated carbocycles. The largest absolute Gasteiger partial charge is 0.382 e. The second-order valence-electron chi connectivity index (χ2n) is 6.22. The van der Waals surface area contributed by atoms with E-state index < -0.39 is 10.1 Å². The van der Waals surface area contributed by atoms with Gasteiger partial charge in [0.05, 0.1) is 6.26 Å². The fourth-order valence-corrected chi connectivity index (χ4v) is 3.21. The average molecular weight is 323 g/mol. The lowest BCUT2D eigenvalue weighted by atomic mass is 9.84. The molecule has 6 heteroatoms. The molecule has 0 heterocycles. The van der Waals surface area contributed by atoms with E-state index in [-0.39, 0.29) is 11.8 Å². The van der Waals surface area contributed by atoms with Gasteiger partial charge in [0.1, 0.15) is 5.75 Å².